The first-order valence-electron chi connectivity index (χ1n) is 8.10. The van der Waals surface area contributed by atoms with Gasteiger partial charge in [-0.1, -0.05) is 22.8 Å². The van der Waals surface area contributed by atoms with E-state index in [4.69, 9.17) is 16.1 Å². The molecule has 0 saturated carbocycles. The fourth-order valence-corrected chi connectivity index (χ4v) is 3.08. The normalized spacial score (nSPS) is 18.3. The van der Waals surface area contributed by atoms with E-state index in [1.807, 2.05) is 0 Å². The number of carbonyl (C=O) groups is 1. The molecule has 6 nitrogen and oxygen atoms in total. The Labute approximate surface area is 149 Å². The second kappa shape index (κ2) is 7.95. The second-order valence-corrected chi connectivity index (χ2v) is 6.50. The Hall–Kier alpha value is -1.96. The molecular weight excluding hydrogens is 349 g/mol. The van der Waals surface area contributed by atoms with Crippen LogP contribution in [0.4, 0.5) is 4.39 Å². The molecule has 1 aromatic carbocycles. The second-order valence-electron chi connectivity index (χ2n) is 6.09. The molecule has 25 heavy (non-hydrogen) atoms. The first kappa shape index (κ1) is 17.8. The number of amides is 1. The van der Waals surface area contributed by atoms with Crippen molar-refractivity contribution in [2.24, 2.45) is 0 Å². The molecule has 1 aromatic heterocycles. The zero-order valence-electron chi connectivity index (χ0n) is 13.5. The Bertz CT molecular complexity index is 732. The Balaban J connectivity index is 1.57. The molecule has 1 aliphatic rings. The van der Waals surface area contributed by atoms with Crippen LogP contribution in [-0.4, -0.2) is 40.3 Å². The lowest BCUT2D eigenvalue weighted by Crippen LogP contribution is -2.37. The molecular formula is C17H19ClFN3O3. The average Bonchev–Trinajstić information content (AvgIpc) is 3.03. The monoisotopic (exact) mass is 367 g/mol. The third-order valence-electron chi connectivity index (χ3n) is 4.14. The van der Waals surface area contributed by atoms with E-state index in [0.717, 1.165) is 19.4 Å². The highest BCUT2D eigenvalue weighted by atomic mass is 35.5. The molecule has 2 aromatic rings. The van der Waals surface area contributed by atoms with E-state index in [2.05, 4.69) is 15.4 Å². The number of benzene rings is 1. The van der Waals surface area contributed by atoms with Gasteiger partial charge in [0.1, 0.15) is 5.82 Å². The molecule has 0 unspecified atom stereocenters. The van der Waals surface area contributed by atoms with Gasteiger partial charge >= 0.3 is 0 Å². The number of rotatable bonds is 5. The minimum atomic E-state index is -0.475. The molecule has 3 rings (SSSR count). The maximum atomic E-state index is 13.7. The highest BCUT2D eigenvalue weighted by Gasteiger charge is 2.20. The number of hydrogen-bond donors (Lipinski definition) is 2. The third kappa shape index (κ3) is 4.56. The summed E-state index contributed by atoms with van der Waals surface area (Å²) >= 11 is 5.93. The summed E-state index contributed by atoms with van der Waals surface area (Å²) in [5.74, 6) is -0.395. The molecule has 8 heteroatoms. The Morgan fingerprint density at radius 2 is 2.36 bits per heavy atom. The molecule has 134 valence electrons. The van der Waals surface area contributed by atoms with E-state index in [1.54, 1.807) is 12.1 Å². The van der Waals surface area contributed by atoms with Gasteiger partial charge in [-0.25, -0.2) is 4.39 Å². The number of likely N-dealkylation sites (tertiary alicyclic amines) is 1. The van der Waals surface area contributed by atoms with Gasteiger partial charge in [-0.3, -0.25) is 9.69 Å². The van der Waals surface area contributed by atoms with Crippen LogP contribution in [0.2, 0.25) is 5.02 Å². The van der Waals surface area contributed by atoms with Crippen molar-refractivity contribution >= 4 is 17.5 Å². The lowest BCUT2D eigenvalue weighted by Gasteiger charge is -2.28. The van der Waals surface area contributed by atoms with Gasteiger partial charge in [0.15, 0.2) is 11.5 Å². The predicted octanol–water partition coefficient (Wildman–Crippen LogP) is 2.35. The number of aliphatic hydroxyl groups excluding tert-OH is 1. The first-order chi connectivity index (χ1) is 12.0. The SMILES string of the molecule is O=C(NCc1c(F)cccc1Cl)c1cc(CN2CCC[C@@H](O)C2)on1. The van der Waals surface area contributed by atoms with E-state index in [0.29, 0.717) is 18.8 Å². The topological polar surface area (TPSA) is 78.6 Å². The zero-order valence-corrected chi connectivity index (χ0v) is 14.3. The van der Waals surface area contributed by atoms with E-state index >= 15 is 0 Å². The molecule has 1 atom stereocenters. The van der Waals surface area contributed by atoms with E-state index in [9.17, 15) is 14.3 Å². The highest BCUT2D eigenvalue weighted by Crippen LogP contribution is 2.19. The zero-order chi connectivity index (χ0) is 17.8. The lowest BCUT2D eigenvalue weighted by atomic mass is 10.1. The Morgan fingerprint density at radius 1 is 1.52 bits per heavy atom. The van der Waals surface area contributed by atoms with Crippen molar-refractivity contribution in [1.82, 2.24) is 15.4 Å². The van der Waals surface area contributed by atoms with E-state index in [-0.39, 0.29) is 28.9 Å². The first-order valence-corrected chi connectivity index (χ1v) is 8.48. The van der Waals surface area contributed by atoms with Gasteiger partial charge in [0, 0.05) is 29.7 Å². The molecule has 1 aliphatic heterocycles. The minimum Gasteiger partial charge on any atom is -0.392 e. The highest BCUT2D eigenvalue weighted by molar-refractivity contribution is 6.31. The van der Waals surface area contributed by atoms with Crippen LogP contribution in [0.3, 0.4) is 0 Å². The van der Waals surface area contributed by atoms with Gasteiger partial charge in [0.25, 0.3) is 5.91 Å². The van der Waals surface area contributed by atoms with Crippen molar-refractivity contribution in [2.45, 2.75) is 32.0 Å². The fraction of sp³-hybridized carbons (Fsp3) is 0.412. The number of piperidine rings is 1. The summed E-state index contributed by atoms with van der Waals surface area (Å²) in [6, 6.07) is 5.91. The van der Waals surface area contributed by atoms with Crippen LogP contribution in [0.1, 0.15) is 34.7 Å². The van der Waals surface area contributed by atoms with Gasteiger partial charge < -0.3 is 14.9 Å². The number of nitrogens with zero attached hydrogens (tertiary/aromatic N) is 2. The molecule has 2 heterocycles. The lowest BCUT2D eigenvalue weighted by molar-refractivity contribution is 0.0622. The summed E-state index contributed by atoms with van der Waals surface area (Å²) in [5, 5.41) is 16.3. The van der Waals surface area contributed by atoms with E-state index < -0.39 is 11.7 Å². The van der Waals surface area contributed by atoms with Crippen LogP contribution in [0.25, 0.3) is 0 Å². The minimum absolute atomic E-state index is 0.0369. The molecule has 0 spiro atoms. The van der Waals surface area contributed by atoms with Gasteiger partial charge in [-0.2, -0.15) is 0 Å². The number of hydrogen-bond acceptors (Lipinski definition) is 5. The van der Waals surface area contributed by atoms with Crippen molar-refractivity contribution in [1.29, 1.82) is 0 Å². The number of β-amino-alcohol motifs (C(OH)–C–C–N with tert-alkyl or cyclic N) is 1. The Morgan fingerprint density at radius 3 is 3.12 bits per heavy atom. The average molecular weight is 368 g/mol. The summed E-state index contributed by atoms with van der Waals surface area (Å²) in [4.78, 5) is 14.2. The standard InChI is InChI=1S/C17H19ClFN3O3/c18-14-4-1-5-15(19)13(14)8-20-17(24)16-7-12(25-21-16)10-22-6-2-3-11(23)9-22/h1,4-5,7,11,23H,2-3,6,8-10H2,(H,20,24)/t11-/m1/s1. The van der Waals surface area contributed by atoms with Crippen LogP contribution >= 0.6 is 11.6 Å². The maximum Gasteiger partial charge on any atom is 0.273 e. The largest absolute Gasteiger partial charge is 0.392 e. The summed E-state index contributed by atoms with van der Waals surface area (Å²) in [5.41, 5.74) is 0.351. The molecule has 2 N–H and O–H groups in total. The summed E-state index contributed by atoms with van der Waals surface area (Å²) in [6.07, 6.45) is 1.40. The van der Waals surface area contributed by atoms with Crippen molar-refractivity contribution in [2.75, 3.05) is 13.1 Å². The number of halogens is 2. The van der Waals surface area contributed by atoms with Crippen LogP contribution in [0, 0.1) is 5.82 Å². The van der Waals surface area contributed by atoms with Crippen molar-refractivity contribution in [3.05, 3.63) is 52.1 Å². The number of nitrogens with one attached hydrogen (secondary N) is 1. The van der Waals surface area contributed by atoms with Crippen LogP contribution in [-0.2, 0) is 13.1 Å². The molecule has 0 radical (unpaired) electrons. The van der Waals surface area contributed by atoms with Gasteiger partial charge in [0.05, 0.1) is 12.6 Å². The predicted molar refractivity (Wildman–Crippen MR) is 89.6 cm³/mol. The van der Waals surface area contributed by atoms with Crippen LogP contribution in [0.15, 0.2) is 28.8 Å². The van der Waals surface area contributed by atoms with Crippen LogP contribution in [0.5, 0.6) is 0 Å². The number of aromatic nitrogens is 1. The smallest absolute Gasteiger partial charge is 0.273 e. The molecule has 0 aliphatic carbocycles. The van der Waals surface area contributed by atoms with Crippen molar-refractivity contribution < 1.29 is 18.8 Å². The number of aliphatic hydroxyl groups is 1. The van der Waals surface area contributed by atoms with Gasteiger partial charge in [-0.15, -0.1) is 0 Å². The molecule has 1 saturated heterocycles. The molecule has 0 bridgehead atoms. The third-order valence-corrected chi connectivity index (χ3v) is 4.49. The fourth-order valence-electron chi connectivity index (χ4n) is 2.85. The maximum absolute atomic E-state index is 13.7. The summed E-state index contributed by atoms with van der Waals surface area (Å²) in [7, 11) is 0. The Kier molecular flexibility index (Phi) is 5.67. The quantitative estimate of drug-likeness (QED) is 0.848. The molecule has 1 fully saturated rings. The van der Waals surface area contributed by atoms with Gasteiger partial charge in [-0.05, 0) is 31.5 Å². The summed E-state index contributed by atoms with van der Waals surface area (Å²) in [6.45, 7) is 1.89. The van der Waals surface area contributed by atoms with Crippen LogP contribution < -0.4 is 5.32 Å². The van der Waals surface area contributed by atoms with Crippen molar-refractivity contribution in [3.63, 3.8) is 0 Å². The van der Waals surface area contributed by atoms with Gasteiger partial charge in [0.2, 0.25) is 0 Å². The van der Waals surface area contributed by atoms with E-state index in [1.165, 1.54) is 12.1 Å². The number of carbonyl (C=O) groups excluding carboxylic acids is 1. The molecule has 1 amide bonds. The van der Waals surface area contributed by atoms with Crippen molar-refractivity contribution in [3.8, 4) is 0 Å². The summed E-state index contributed by atoms with van der Waals surface area (Å²) < 4.78 is 18.9.